The number of carbonyl (C=O) groups excluding carboxylic acids is 3. The van der Waals surface area contributed by atoms with Crippen LogP contribution >= 0.6 is 15.9 Å². The molecule has 28 heavy (non-hydrogen) atoms. The van der Waals surface area contributed by atoms with E-state index in [2.05, 4.69) is 21.2 Å². The van der Waals surface area contributed by atoms with Crippen molar-refractivity contribution in [1.29, 1.82) is 0 Å². The van der Waals surface area contributed by atoms with E-state index in [1.165, 1.54) is 0 Å². The number of hydrogen-bond acceptors (Lipinski definition) is 3. The van der Waals surface area contributed by atoms with E-state index in [0.717, 1.165) is 14.9 Å². The van der Waals surface area contributed by atoms with Gasteiger partial charge in [0, 0.05) is 15.7 Å². The molecular weight excluding hydrogens is 420 g/mol. The molecule has 1 N–H and O–H groups in total. The molecule has 3 aromatic rings. The largest absolute Gasteiger partial charge is 0.322 e. The van der Waals surface area contributed by atoms with E-state index < -0.39 is 5.91 Å². The highest BCUT2D eigenvalue weighted by atomic mass is 79.9. The second-order valence-electron chi connectivity index (χ2n) is 6.50. The minimum absolute atomic E-state index is 0.277. The molecule has 0 aliphatic carbocycles. The third-order valence-corrected chi connectivity index (χ3v) is 5.07. The van der Waals surface area contributed by atoms with Crippen molar-refractivity contribution >= 4 is 45.0 Å². The van der Waals surface area contributed by atoms with E-state index in [4.69, 9.17) is 0 Å². The molecule has 6 heteroatoms. The average molecular weight is 435 g/mol. The number of carbonyl (C=O) groups is 3. The van der Waals surface area contributed by atoms with Crippen LogP contribution in [0.5, 0.6) is 0 Å². The molecule has 138 valence electrons. The number of hydrogen-bond donors (Lipinski definition) is 1. The predicted octanol–water partition coefficient (Wildman–Crippen LogP) is 4.81. The Morgan fingerprint density at radius 3 is 2.18 bits per heavy atom. The lowest BCUT2D eigenvalue weighted by Gasteiger charge is -2.13. The van der Waals surface area contributed by atoms with Gasteiger partial charge in [-0.05, 0) is 61.5 Å². The SMILES string of the molecule is Cc1ccc(N2C(=O)c3ccc(NC(=O)c4ccc(Br)cc4)cc3C2=O)cc1. The molecule has 1 heterocycles. The number of imide groups is 1. The van der Waals surface area contributed by atoms with Gasteiger partial charge in [-0.2, -0.15) is 0 Å². The second kappa shape index (κ2) is 7.05. The van der Waals surface area contributed by atoms with E-state index in [1.807, 2.05) is 19.1 Å². The lowest BCUT2D eigenvalue weighted by molar-refractivity contribution is 0.0924. The maximum atomic E-state index is 12.8. The molecule has 5 nitrogen and oxygen atoms in total. The summed E-state index contributed by atoms with van der Waals surface area (Å²) in [5, 5.41) is 2.77. The van der Waals surface area contributed by atoms with Crippen LogP contribution in [0, 0.1) is 6.92 Å². The Morgan fingerprint density at radius 1 is 0.857 bits per heavy atom. The Hall–Kier alpha value is -3.25. The molecule has 0 atom stereocenters. The van der Waals surface area contributed by atoms with Crippen LogP contribution < -0.4 is 10.2 Å². The van der Waals surface area contributed by atoms with Gasteiger partial charge >= 0.3 is 0 Å². The predicted molar refractivity (Wildman–Crippen MR) is 111 cm³/mol. The number of amides is 3. The van der Waals surface area contributed by atoms with Gasteiger partial charge in [0.2, 0.25) is 0 Å². The maximum absolute atomic E-state index is 12.8. The van der Waals surface area contributed by atoms with E-state index >= 15 is 0 Å². The Kier molecular flexibility index (Phi) is 4.57. The molecule has 3 amide bonds. The van der Waals surface area contributed by atoms with Crippen molar-refractivity contribution in [2.75, 3.05) is 10.2 Å². The molecule has 0 saturated carbocycles. The highest BCUT2D eigenvalue weighted by molar-refractivity contribution is 9.10. The van der Waals surface area contributed by atoms with Gasteiger partial charge in [0.1, 0.15) is 0 Å². The van der Waals surface area contributed by atoms with Gasteiger partial charge in [0.25, 0.3) is 17.7 Å². The fourth-order valence-electron chi connectivity index (χ4n) is 3.05. The standard InChI is InChI=1S/C22H15BrN2O3/c1-13-2-9-17(10-3-13)25-21(27)18-11-8-16(12-19(18)22(25)28)24-20(26)14-4-6-15(23)7-5-14/h2-12H,1H3,(H,24,26). The first-order valence-electron chi connectivity index (χ1n) is 8.60. The van der Waals surface area contributed by atoms with Crippen LogP contribution in [-0.4, -0.2) is 17.7 Å². The van der Waals surface area contributed by atoms with Gasteiger partial charge in [0.05, 0.1) is 16.8 Å². The number of aryl methyl sites for hydroxylation is 1. The molecule has 0 radical (unpaired) electrons. The van der Waals surface area contributed by atoms with Crippen molar-refractivity contribution in [1.82, 2.24) is 0 Å². The summed E-state index contributed by atoms with van der Waals surface area (Å²) in [6.07, 6.45) is 0. The lowest BCUT2D eigenvalue weighted by atomic mass is 10.1. The normalized spacial score (nSPS) is 12.9. The van der Waals surface area contributed by atoms with Gasteiger partial charge in [-0.15, -0.1) is 0 Å². The van der Waals surface area contributed by atoms with Crippen molar-refractivity contribution in [2.45, 2.75) is 6.92 Å². The van der Waals surface area contributed by atoms with Crippen LogP contribution in [0.1, 0.15) is 36.6 Å². The monoisotopic (exact) mass is 434 g/mol. The van der Waals surface area contributed by atoms with Crippen LogP contribution in [0.2, 0.25) is 0 Å². The van der Waals surface area contributed by atoms with Gasteiger partial charge in [-0.3, -0.25) is 14.4 Å². The minimum Gasteiger partial charge on any atom is -0.322 e. The number of benzene rings is 3. The Morgan fingerprint density at radius 2 is 1.50 bits per heavy atom. The molecule has 0 saturated heterocycles. The molecule has 0 unspecified atom stereocenters. The first kappa shape index (κ1) is 18.1. The molecule has 3 aromatic carbocycles. The molecular formula is C22H15BrN2O3. The van der Waals surface area contributed by atoms with Gasteiger partial charge in [0.15, 0.2) is 0 Å². The van der Waals surface area contributed by atoms with E-state index in [-0.39, 0.29) is 17.4 Å². The van der Waals surface area contributed by atoms with Crippen molar-refractivity contribution < 1.29 is 14.4 Å². The smallest absolute Gasteiger partial charge is 0.266 e. The number of nitrogens with one attached hydrogen (secondary N) is 1. The van der Waals surface area contributed by atoms with Crippen LogP contribution in [0.4, 0.5) is 11.4 Å². The van der Waals surface area contributed by atoms with Crippen molar-refractivity contribution in [3.05, 3.63) is 93.5 Å². The zero-order valence-electron chi connectivity index (χ0n) is 14.9. The highest BCUT2D eigenvalue weighted by Crippen LogP contribution is 2.30. The molecule has 4 rings (SSSR count). The number of rotatable bonds is 3. The summed E-state index contributed by atoms with van der Waals surface area (Å²) in [7, 11) is 0. The minimum atomic E-state index is -0.399. The summed E-state index contributed by atoms with van der Waals surface area (Å²) in [5.41, 5.74) is 3.12. The van der Waals surface area contributed by atoms with Crippen molar-refractivity contribution in [3.8, 4) is 0 Å². The van der Waals surface area contributed by atoms with Gasteiger partial charge in [-0.1, -0.05) is 33.6 Å². The van der Waals surface area contributed by atoms with Crippen LogP contribution in [0.25, 0.3) is 0 Å². The zero-order valence-corrected chi connectivity index (χ0v) is 16.5. The number of anilines is 2. The second-order valence-corrected chi connectivity index (χ2v) is 7.42. The fourth-order valence-corrected chi connectivity index (χ4v) is 3.32. The quantitative estimate of drug-likeness (QED) is 0.601. The number of nitrogens with zero attached hydrogens (tertiary/aromatic N) is 1. The first-order valence-corrected chi connectivity index (χ1v) is 9.40. The fraction of sp³-hybridized carbons (Fsp3) is 0.0455. The third kappa shape index (κ3) is 3.23. The Balaban J connectivity index is 1.61. The third-order valence-electron chi connectivity index (χ3n) is 4.54. The van der Waals surface area contributed by atoms with Crippen molar-refractivity contribution in [3.63, 3.8) is 0 Å². The van der Waals surface area contributed by atoms with E-state index in [0.29, 0.717) is 22.5 Å². The highest BCUT2D eigenvalue weighted by Gasteiger charge is 2.36. The molecule has 1 aliphatic rings. The lowest BCUT2D eigenvalue weighted by Crippen LogP contribution is -2.29. The van der Waals surface area contributed by atoms with Crippen LogP contribution in [0.15, 0.2) is 71.2 Å². The number of halogens is 1. The van der Waals surface area contributed by atoms with Gasteiger partial charge < -0.3 is 5.32 Å². The summed E-state index contributed by atoms with van der Waals surface area (Å²) in [4.78, 5) is 39.1. The molecule has 1 aliphatic heterocycles. The molecule has 0 bridgehead atoms. The Bertz CT molecular complexity index is 1110. The van der Waals surface area contributed by atoms with Crippen LogP contribution in [-0.2, 0) is 0 Å². The summed E-state index contributed by atoms with van der Waals surface area (Å²) in [6.45, 7) is 1.94. The molecule has 0 fully saturated rings. The summed E-state index contributed by atoms with van der Waals surface area (Å²) < 4.78 is 0.877. The summed E-state index contributed by atoms with van der Waals surface area (Å²) in [5.74, 6) is -1.06. The van der Waals surface area contributed by atoms with Crippen molar-refractivity contribution in [2.24, 2.45) is 0 Å². The maximum Gasteiger partial charge on any atom is 0.266 e. The average Bonchev–Trinajstić information content (AvgIpc) is 2.93. The van der Waals surface area contributed by atoms with E-state index in [9.17, 15) is 14.4 Å². The first-order chi connectivity index (χ1) is 13.4. The summed E-state index contributed by atoms with van der Waals surface area (Å²) in [6, 6.07) is 18.9. The molecule has 0 spiro atoms. The van der Waals surface area contributed by atoms with Crippen LogP contribution in [0.3, 0.4) is 0 Å². The summed E-state index contributed by atoms with van der Waals surface area (Å²) >= 11 is 3.33. The number of fused-ring (bicyclic) bond motifs is 1. The molecule has 0 aromatic heterocycles. The topological polar surface area (TPSA) is 66.5 Å². The zero-order chi connectivity index (χ0) is 19.8. The van der Waals surface area contributed by atoms with Gasteiger partial charge in [-0.25, -0.2) is 4.90 Å². The Labute approximate surface area is 170 Å². The van der Waals surface area contributed by atoms with E-state index in [1.54, 1.807) is 54.6 Å².